The number of hydrogen-bond acceptors (Lipinski definition) is 5. The van der Waals surface area contributed by atoms with E-state index in [4.69, 9.17) is 14.7 Å². The van der Waals surface area contributed by atoms with Crippen molar-refractivity contribution in [1.29, 1.82) is 5.26 Å². The number of pyridine rings is 1. The summed E-state index contributed by atoms with van der Waals surface area (Å²) in [6.45, 7) is 5.45. The van der Waals surface area contributed by atoms with E-state index < -0.39 is 0 Å². The summed E-state index contributed by atoms with van der Waals surface area (Å²) >= 11 is 0. The van der Waals surface area contributed by atoms with E-state index in [2.05, 4.69) is 16.0 Å². The van der Waals surface area contributed by atoms with Crippen LogP contribution in [-0.2, 0) is 6.42 Å². The fourth-order valence-corrected chi connectivity index (χ4v) is 3.47. The largest absolute Gasteiger partial charge is 0.441 e. The van der Waals surface area contributed by atoms with Crippen molar-refractivity contribution in [2.75, 3.05) is 19.6 Å². The molecule has 5 nitrogen and oxygen atoms in total. The quantitative estimate of drug-likeness (QED) is 0.565. The minimum absolute atomic E-state index is 0. The van der Waals surface area contributed by atoms with E-state index in [1.54, 1.807) is 12.3 Å². The first-order chi connectivity index (χ1) is 13.2. The molecule has 1 saturated heterocycles. The number of aromatic nitrogens is 2. The highest BCUT2D eigenvalue weighted by Gasteiger charge is 2.15. The van der Waals surface area contributed by atoms with Crippen LogP contribution in [0.5, 0.6) is 0 Å². The molecule has 0 aliphatic carbocycles. The van der Waals surface area contributed by atoms with E-state index in [1.807, 2.05) is 37.3 Å². The van der Waals surface area contributed by atoms with Crippen LogP contribution in [0, 0.1) is 18.3 Å². The first-order valence-electron chi connectivity index (χ1n) is 9.38. The predicted molar refractivity (Wildman–Crippen MR) is 118 cm³/mol. The molecule has 0 bridgehead atoms. The summed E-state index contributed by atoms with van der Waals surface area (Å²) in [4.78, 5) is 11.6. The van der Waals surface area contributed by atoms with E-state index in [0.29, 0.717) is 11.5 Å². The molecule has 1 aliphatic heterocycles. The predicted octanol–water partition coefficient (Wildman–Crippen LogP) is 5.07. The molecule has 3 heterocycles. The van der Waals surface area contributed by atoms with Gasteiger partial charge in [-0.3, -0.25) is 4.98 Å². The van der Waals surface area contributed by atoms with Gasteiger partial charge in [-0.25, -0.2) is 4.98 Å². The molecular weight excluding hydrogens is 407 g/mol. The molecule has 3 aromatic rings. The number of halogens is 2. The Bertz CT molecular complexity index is 956. The van der Waals surface area contributed by atoms with Gasteiger partial charge in [0.25, 0.3) is 0 Å². The summed E-state index contributed by atoms with van der Waals surface area (Å²) in [5, 5.41) is 8.88. The highest BCUT2D eigenvalue weighted by molar-refractivity contribution is 5.85. The molecule has 1 fully saturated rings. The van der Waals surface area contributed by atoms with E-state index in [9.17, 15) is 0 Å². The number of nitriles is 1. The molecule has 0 saturated carbocycles. The summed E-state index contributed by atoms with van der Waals surface area (Å²) in [6.07, 6.45) is 5.14. The molecular formula is C22H24Cl2N4O. The van der Waals surface area contributed by atoms with Crippen LogP contribution >= 0.6 is 24.8 Å². The third-order valence-corrected chi connectivity index (χ3v) is 5.08. The van der Waals surface area contributed by atoms with Crippen LogP contribution in [0.4, 0.5) is 0 Å². The number of aryl methyl sites for hydroxylation is 1. The van der Waals surface area contributed by atoms with Crippen molar-refractivity contribution in [1.82, 2.24) is 14.9 Å². The van der Waals surface area contributed by atoms with Crippen LogP contribution < -0.4 is 0 Å². The molecule has 0 unspecified atom stereocenters. The molecule has 152 valence electrons. The van der Waals surface area contributed by atoms with E-state index in [-0.39, 0.29) is 24.8 Å². The van der Waals surface area contributed by atoms with Crippen molar-refractivity contribution in [3.8, 4) is 28.8 Å². The van der Waals surface area contributed by atoms with Crippen molar-refractivity contribution >= 4 is 24.8 Å². The lowest BCUT2D eigenvalue weighted by Gasteiger charge is -2.12. The molecule has 1 aliphatic rings. The van der Waals surface area contributed by atoms with Gasteiger partial charge in [-0.2, -0.15) is 5.26 Å². The van der Waals surface area contributed by atoms with Crippen LogP contribution in [0.1, 0.15) is 29.9 Å². The first-order valence-corrected chi connectivity index (χ1v) is 9.38. The molecule has 7 heteroatoms. The van der Waals surface area contributed by atoms with Crippen molar-refractivity contribution < 1.29 is 4.42 Å². The lowest BCUT2D eigenvalue weighted by Crippen LogP contribution is -2.22. The highest BCUT2D eigenvalue weighted by Crippen LogP contribution is 2.25. The zero-order chi connectivity index (χ0) is 18.6. The maximum Gasteiger partial charge on any atom is 0.226 e. The summed E-state index contributed by atoms with van der Waals surface area (Å²) in [5.74, 6) is 1.57. The van der Waals surface area contributed by atoms with Crippen LogP contribution in [0.25, 0.3) is 22.7 Å². The molecule has 0 amide bonds. The third kappa shape index (κ3) is 5.36. The molecule has 1 aromatic carbocycles. The Balaban J connectivity index is 0.00000150. The average Bonchev–Trinajstić information content (AvgIpc) is 3.36. The standard InChI is InChI=1S/C22H22N4O.2ClH/c1-16-20(10-13-26-11-2-3-12-26)25-22(27-16)19-7-5-18(6-8-19)21-9-4-17(14-23)15-24-21;;/h4-9,15H,2-3,10-13H2,1H3;2*1H. The SMILES string of the molecule is Cc1oc(-c2ccc(-c3ccc(C#N)cn3)cc2)nc1CCN1CCCC1.Cl.Cl. The van der Waals surface area contributed by atoms with Gasteiger partial charge in [-0.15, -0.1) is 24.8 Å². The molecule has 0 spiro atoms. The van der Waals surface area contributed by atoms with Gasteiger partial charge >= 0.3 is 0 Å². The lowest BCUT2D eigenvalue weighted by atomic mass is 10.1. The van der Waals surface area contributed by atoms with E-state index >= 15 is 0 Å². The summed E-state index contributed by atoms with van der Waals surface area (Å²) in [7, 11) is 0. The maximum atomic E-state index is 8.88. The zero-order valence-electron chi connectivity index (χ0n) is 16.3. The lowest BCUT2D eigenvalue weighted by molar-refractivity contribution is 0.341. The van der Waals surface area contributed by atoms with Crippen molar-refractivity contribution in [3.63, 3.8) is 0 Å². The fraction of sp³-hybridized carbons (Fsp3) is 0.318. The molecule has 2 aromatic heterocycles. The molecule has 0 radical (unpaired) electrons. The smallest absolute Gasteiger partial charge is 0.226 e. The fourth-order valence-electron chi connectivity index (χ4n) is 3.47. The molecule has 0 atom stereocenters. The minimum Gasteiger partial charge on any atom is -0.441 e. The average molecular weight is 431 g/mol. The molecule has 0 N–H and O–H groups in total. The minimum atomic E-state index is 0. The molecule has 29 heavy (non-hydrogen) atoms. The van der Waals surface area contributed by atoms with Gasteiger partial charge in [0.15, 0.2) is 0 Å². The Morgan fingerprint density at radius 3 is 2.34 bits per heavy atom. The first kappa shape index (κ1) is 22.9. The second kappa shape index (κ2) is 10.4. The van der Waals surface area contributed by atoms with Gasteiger partial charge < -0.3 is 9.32 Å². The summed E-state index contributed by atoms with van der Waals surface area (Å²) < 4.78 is 5.91. The highest BCUT2D eigenvalue weighted by atomic mass is 35.5. The van der Waals surface area contributed by atoms with Gasteiger partial charge in [0, 0.05) is 30.3 Å². The molecule has 4 rings (SSSR count). The number of rotatable bonds is 5. The number of oxazole rings is 1. The van der Waals surface area contributed by atoms with Gasteiger partial charge in [0.05, 0.1) is 17.0 Å². The monoisotopic (exact) mass is 430 g/mol. The van der Waals surface area contributed by atoms with Crippen molar-refractivity contribution in [3.05, 3.63) is 59.6 Å². The Hall–Kier alpha value is -2.39. The van der Waals surface area contributed by atoms with Crippen LogP contribution in [-0.4, -0.2) is 34.5 Å². The summed E-state index contributed by atoms with van der Waals surface area (Å²) in [5.41, 5.74) is 4.42. The number of nitrogens with zero attached hydrogens (tertiary/aromatic N) is 4. The summed E-state index contributed by atoms with van der Waals surface area (Å²) in [6, 6.07) is 13.7. The maximum absolute atomic E-state index is 8.88. The zero-order valence-corrected chi connectivity index (χ0v) is 17.9. The second-order valence-corrected chi connectivity index (χ2v) is 6.94. The van der Waals surface area contributed by atoms with Crippen molar-refractivity contribution in [2.24, 2.45) is 0 Å². The number of benzene rings is 1. The Morgan fingerprint density at radius 2 is 1.72 bits per heavy atom. The Kier molecular flexibility index (Phi) is 8.21. The van der Waals surface area contributed by atoms with Gasteiger partial charge in [0.1, 0.15) is 11.8 Å². The normalized spacial score (nSPS) is 13.4. The van der Waals surface area contributed by atoms with Crippen LogP contribution in [0.2, 0.25) is 0 Å². The van der Waals surface area contributed by atoms with Gasteiger partial charge in [0.2, 0.25) is 5.89 Å². The van der Waals surface area contributed by atoms with Gasteiger partial charge in [-0.1, -0.05) is 12.1 Å². The van der Waals surface area contributed by atoms with E-state index in [0.717, 1.165) is 41.2 Å². The van der Waals surface area contributed by atoms with Gasteiger partial charge in [-0.05, 0) is 57.1 Å². The Labute approximate surface area is 183 Å². The van der Waals surface area contributed by atoms with E-state index in [1.165, 1.54) is 25.9 Å². The number of likely N-dealkylation sites (tertiary alicyclic amines) is 1. The second-order valence-electron chi connectivity index (χ2n) is 6.94. The van der Waals surface area contributed by atoms with Crippen LogP contribution in [0.3, 0.4) is 0 Å². The van der Waals surface area contributed by atoms with Crippen molar-refractivity contribution in [2.45, 2.75) is 26.2 Å². The number of hydrogen-bond donors (Lipinski definition) is 0. The topological polar surface area (TPSA) is 66.0 Å². The Morgan fingerprint density at radius 1 is 1.03 bits per heavy atom. The van der Waals surface area contributed by atoms with Crippen LogP contribution in [0.15, 0.2) is 47.0 Å². The third-order valence-electron chi connectivity index (χ3n) is 5.08.